The summed E-state index contributed by atoms with van der Waals surface area (Å²) < 4.78 is 7.65. The molecule has 0 unspecified atom stereocenters. The van der Waals surface area contributed by atoms with Gasteiger partial charge in [-0.1, -0.05) is 6.07 Å². The van der Waals surface area contributed by atoms with Crippen LogP contribution in [0.4, 0.5) is 0 Å². The average molecular weight is 316 g/mol. The van der Waals surface area contributed by atoms with E-state index in [0.717, 1.165) is 31.0 Å². The van der Waals surface area contributed by atoms with Gasteiger partial charge >= 0.3 is 0 Å². The minimum absolute atomic E-state index is 0. The van der Waals surface area contributed by atoms with Gasteiger partial charge in [-0.2, -0.15) is 5.10 Å². The zero-order chi connectivity index (χ0) is 12.4. The molecule has 0 atom stereocenters. The third-order valence-electron chi connectivity index (χ3n) is 3.37. The molecule has 1 aliphatic heterocycles. The second kappa shape index (κ2) is 7.53. The summed E-state index contributed by atoms with van der Waals surface area (Å²) in [5.74, 6) is 0.942. The summed E-state index contributed by atoms with van der Waals surface area (Å²) in [4.78, 5) is 0. The van der Waals surface area contributed by atoms with Crippen LogP contribution in [0.3, 0.4) is 0 Å². The Morgan fingerprint density at radius 2 is 2.10 bits per heavy atom. The van der Waals surface area contributed by atoms with E-state index in [1.807, 2.05) is 23.9 Å². The second-order valence-corrected chi connectivity index (χ2v) is 4.59. The lowest BCUT2D eigenvalue weighted by molar-refractivity contribution is 0.294. The predicted molar refractivity (Wildman–Crippen MR) is 83.9 cm³/mol. The molecule has 0 saturated heterocycles. The molecule has 6 heteroatoms. The third-order valence-corrected chi connectivity index (χ3v) is 3.37. The van der Waals surface area contributed by atoms with E-state index in [0.29, 0.717) is 6.61 Å². The van der Waals surface area contributed by atoms with Crippen LogP contribution in [0, 0.1) is 0 Å². The summed E-state index contributed by atoms with van der Waals surface area (Å²) in [6.45, 7) is 2.59. The minimum atomic E-state index is 0. The first kappa shape index (κ1) is 16.8. The first-order valence-corrected chi connectivity index (χ1v) is 6.25. The van der Waals surface area contributed by atoms with E-state index in [4.69, 9.17) is 4.74 Å². The van der Waals surface area contributed by atoms with Crippen molar-refractivity contribution in [2.24, 2.45) is 7.05 Å². The smallest absolute Gasteiger partial charge is 0.130 e. The Hall–Kier alpha value is -1.23. The van der Waals surface area contributed by atoms with Crippen LogP contribution < -0.4 is 10.1 Å². The number of nitrogens with one attached hydrogen (secondary N) is 1. The zero-order valence-corrected chi connectivity index (χ0v) is 13.0. The number of aryl methyl sites for hydroxylation is 1. The number of hydrogen-bond acceptors (Lipinski definition) is 3. The number of benzene rings is 1. The highest BCUT2D eigenvalue weighted by molar-refractivity contribution is 5.85. The Morgan fingerprint density at radius 3 is 2.85 bits per heavy atom. The summed E-state index contributed by atoms with van der Waals surface area (Å²) in [6, 6.07) is 8.33. The van der Waals surface area contributed by atoms with Crippen LogP contribution in [0.1, 0.15) is 16.8 Å². The van der Waals surface area contributed by atoms with Crippen molar-refractivity contribution in [3.05, 3.63) is 47.3 Å². The molecule has 0 amide bonds. The standard InChI is InChI=1S/C14H17N3O.2ClH/c1-17-13(5-7-16-17)10-18-14-3-2-12-9-15-6-4-11(12)8-14;;/h2-3,5,7-8,15H,4,6,9-10H2,1H3;2*1H. The maximum Gasteiger partial charge on any atom is 0.130 e. The molecular weight excluding hydrogens is 297 g/mol. The number of fused-ring (bicyclic) bond motifs is 1. The minimum Gasteiger partial charge on any atom is -0.487 e. The summed E-state index contributed by atoms with van der Waals surface area (Å²) in [5, 5.41) is 7.50. The lowest BCUT2D eigenvalue weighted by Gasteiger charge is -2.18. The number of ether oxygens (including phenoxy) is 1. The first-order valence-electron chi connectivity index (χ1n) is 6.25. The van der Waals surface area contributed by atoms with Gasteiger partial charge in [-0.25, -0.2) is 0 Å². The van der Waals surface area contributed by atoms with Gasteiger partial charge in [0.1, 0.15) is 12.4 Å². The fraction of sp³-hybridized carbons (Fsp3) is 0.357. The number of rotatable bonds is 3. The van der Waals surface area contributed by atoms with E-state index >= 15 is 0 Å². The van der Waals surface area contributed by atoms with Gasteiger partial charge in [0, 0.05) is 19.8 Å². The maximum atomic E-state index is 5.82. The highest BCUT2D eigenvalue weighted by Crippen LogP contribution is 2.21. The van der Waals surface area contributed by atoms with Crippen molar-refractivity contribution in [1.82, 2.24) is 15.1 Å². The molecule has 1 aromatic heterocycles. The Bertz CT molecular complexity index is 557. The van der Waals surface area contributed by atoms with Gasteiger partial charge in [-0.05, 0) is 42.3 Å². The Balaban J connectivity index is 0.000001000. The average Bonchev–Trinajstić information content (AvgIpc) is 2.82. The summed E-state index contributed by atoms with van der Waals surface area (Å²) in [6.07, 6.45) is 2.87. The number of halogens is 2. The summed E-state index contributed by atoms with van der Waals surface area (Å²) >= 11 is 0. The molecule has 4 nitrogen and oxygen atoms in total. The van der Waals surface area contributed by atoms with Gasteiger partial charge in [0.05, 0.1) is 5.69 Å². The van der Waals surface area contributed by atoms with Crippen LogP contribution in [-0.4, -0.2) is 16.3 Å². The van der Waals surface area contributed by atoms with E-state index < -0.39 is 0 Å². The van der Waals surface area contributed by atoms with Crippen molar-refractivity contribution < 1.29 is 4.74 Å². The van der Waals surface area contributed by atoms with Gasteiger partial charge < -0.3 is 10.1 Å². The molecule has 0 spiro atoms. The topological polar surface area (TPSA) is 39.1 Å². The molecule has 0 saturated carbocycles. The number of aromatic nitrogens is 2. The van der Waals surface area contributed by atoms with E-state index in [2.05, 4.69) is 22.5 Å². The van der Waals surface area contributed by atoms with Crippen LogP contribution in [0.25, 0.3) is 0 Å². The monoisotopic (exact) mass is 315 g/mol. The fourth-order valence-electron chi connectivity index (χ4n) is 2.24. The van der Waals surface area contributed by atoms with Crippen molar-refractivity contribution in [1.29, 1.82) is 0 Å². The SMILES string of the molecule is Cl.Cl.Cn1nccc1COc1ccc2c(c1)CCNC2. The highest BCUT2D eigenvalue weighted by atomic mass is 35.5. The van der Waals surface area contributed by atoms with Crippen LogP contribution in [0.15, 0.2) is 30.5 Å². The Kier molecular flexibility index (Phi) is 6.33. The molecule has 1 N–H and O–H groups in total. The summed E-state index contributed by atoms with van der Waals surface area (Å²) in [7, 11) is 1.93. The Labute approximate surface area is 131 Å². The molecule has 3 rings (SSSR count). The summed E-state index contributed by atoms with van der Waals surface area (Å²) in [5.41, 5.74) is 3.86. The normalized spacial score (nSPS) is 12.8. The van der Waals surface area contributed by atoms with E-state index in [1.54, 1.807) is 6.20 Å². The second-order valence-electron chi connectivity index (χ2n) is 4.59. The molecule has 0 aliphatic carbocycles. The van der Waals surface area contributed by atoms with E-state index in [1.165, 1.54) is 11.1 Å². The number of nitrogens with zero attached hydrogens (tertiary/aromatic N) is 2. The molecule has 0 bridgehead atoms. The highest BCUT2D eigenvalue weighted by Gasteiger charge is 2.09. The molecule has 0 fully saturated rings. The zero-order valence-electron chi connectivity index (χ0n) is 11.3. The van der Waals surface area contributed by atoms with Crippen LogP contribution >= 0.6 is 24.8 Å². The molecular formula is C14H19Cl2N3O. The predicted octanol–water partition coefficient (Wildman–Crippen LogP) is 2.49. The first-order chi connectivity index (χ1) is 8.83. The largest absolute Gasteiger partial charge is 0.487 e. The van der Waals surface area contributed by atoms with Crippen molar-refractivity contribution in [3.8, 4) is 5.75 Å². The molecule has 20 heavy (non-hydrogen) atoms. The molecule has 2 heterocycles. The van der Waals surface area contributed by atoms with Crippen molar-refractivity contribution in [2.75, 3.05) is 6.54 Å². The van der Waals surface area contributed by atoms with Gasteiger partial charge in [-0.3, -0.25) is 4.68 Å². The van der Waals surface area contributed by atoms with Gasteiger partial charge in [0.15, 0.2) is 0 Å². The molecule has 0 radical (unpaired) electrons. The molecule has 2 aromatic rings. The van der Waals surface area contributed by atoms with Gasteiger partial charge in [-0.15, -0.1) is 24.8 Å². The van der Waals surface area contributed by atoms with E-state index in [9.17, 15) is 0 Å². The van der Waals surface area contributed by atoms with Crippen molar-refractivity contribution >= 4 is 24.8 Å². The van der Waals surface area contributed by atoms with Crippen LogP contribution in [-0.2, 0) is 26.6 Å². The molecule has 1 aromatic carbocycles. The van der Waals surface area contributed by atoms with Crippen molar-refractivity contribution in [3.63, 3.8) is 0 Å². The third kappa shape index (κ3) is 3.66. The van der Waals surface area contributed by atoms with Gasteiger partial charge in [0.2, 0.25) is 0 Å². The number of hydrogen-bond donors (Lipinski definition) is 1. The molecule has 110 valence electrons. The van der Waals surface area contributed by atoms with Crippen LogP contribution in [0.2, 0.25) is 0 Å². The van der Waals surface area contributed by atoms with Crippen molar-refractivity contribution in [2.45, 2.75) is 19.6 Å². The van der Waals surface area contributed by atoms with Crippen LogP contribution in [0.5, 0.6) is 5.75 Å². The maximum absolute atomic E-state index is 5.82. The molecule has 1 aliphatic rings. The fourth-order valence-corrected chi connectivity index (χ4v) is 2.24. The lowest BCUT2D eigenvalue weighted by atomic mass is 10.0. The van der Waals surface area contributed by atoms with Gasteiger partial charge in [0.25, 0.3) is 0 Å². The Morgan fingerprint density at radius 1 is 1.25 bits per heavy atom. The lowest BCUT2D eigenvalue weighted by Crippen LogP contribution is -2.23. The van der Waals surface area contributed by atoms with E-state index in [-0.39, 0.29) is 24.8 Å². The quantitative estimate of drug-likeness (QED) is 0.945.